The quantitative estimate of drug-likeness (QED) is 0.511. The van der Waals surface area contributed by atoms with Crippen LogP contribution in [0.25, 0.3) is 22.4 Å². The Morgan fingerprint density at radius 3 is 2.42 bits per heavy atom. The second kappa shape index (κ2) is 5.98. The molecule has 3 aromatic carbocycles. The summed E-state index contributed by atoms with van der Waals surface area (Å²) in [5.74, 6) is 1.45. The van der Waals surface area contributed by atoms with Crippen molar-refractivity contribution in [1.82, 2.24) is 9.97 Å². The molecular formula is C19H12ClFN2O. The molecule has 0 atom stereocenters. The van der Waals surface area contributed by atoms with Crippen molar-refractivity contribution in [3.05, 3.63) is 77.6 Å². The van der Waals surface area contributed by atoms with E-state index in [0.717, 1.165) is 22.4 Å². The Bertz CT molecular complexity index is 978. The Kier molecular flexibility index (Phi) is 3.67. The highest BCUT2D eigenvalue weighted by Gasteiger charge is 2.06. The Morgan fingerprint density at radius 2 is 1.67 bits per heavy atom. The van der Waals surface area contributed by atoms with E-state index in [1.807, 2.05) is 48.5 Å². The van der Waals surface area contributed by atoms with Gasteiger partial charge in [-0.15, -0.1) is 0 Å². The minimum atomic E-state index is -0.468. The SMILES string of the molecule is Fc1ccc(Oc2ccc(-c3nc4ccccc4[nH]3)cc2)cc1Cl. The number of hydrogen-bond donors (Lipinski definition) is 1. The zero-order valence-corrected chi connectivity index (χ0v) is 13.2. The molecule has 1 aromatic heterocycles. The van der Waals surface area contributed by atoms with Crippen LogP contribution in [0.15, 0.2) is 66.7 Å². The Balaban J connectivity index is 1.58. The van der Waals surface area contributed by atoms with Crippen molar-refractivity contribution in [1.29, 1.82) is 0 Å². The molecule has 4 aromatic rings. The third kappa shape index (κ3) is 2.84. The van der Waals surface area contributed by atoms with Crippen LogP contribution in [-0.4, -0.2) is 9.97 Å². The van der Waals surface area contributed by atoms with Crippen molar-refractivity contribution < 1.29 is 9.13 Å². The van der Waals surface area contributed by atoms with E-state index in [1.165, 1.54) is 18.2 Å². The highest BCUT2D eigenvalue weighted by molar-refractivity contribution is 6.30. The Hall–Kier alpha value is -2.85. The van der Waals surface area contributed by atoms with Crippen LogP contribution in [0.3, 0.4) is 0 Å². The van der Waals surface area contributed by atoms with Crippen molar-refractivity contribution in [2.75, 3.05) is 0 Å². The summed E-state index contributed by atoms with van der Waals surface area (Å²) in [6.45, 7) is 0. The minimum absolute atomic E-state index is 0.0337. The molecule has 1 heterocycles. The standard InChI is InChI=1S/C19H12ClFN2O/c20-15-11-14(9-10-16(15)21)24-13-7-5-12(6-8-13)19-22-17-3-1-2-4-18(17)23-19/h1-11H,(H,22,23). The number of fused-ring (bicyclic) bond motifs is 1. The van der Waals surface area contributed by atoms with Gasteiger partial charge in [-0.25, -0.2) is 9.37 Å². The monoisotopic (exact) mass is 338 g/mol. The number of imidazole rings is 1. The van der Waals surface area contributed by atoms with Crippen LogP contribution in [0.4, 0.5) is 4.39 Å². The molecule has 3 nitrogen and oxygen atoms in total. The molecule has 118 valence electrons. The van der Waals surface area contributed by atoms with Crippen LogP contribution in [0.2, 0.25) is 5.02 Å². The van der Waals surface area contributed by atoms with E-state index in [1.54, 1.807) is 0 Å². The molecule has 0 aliphatic heterocycles. The van der Waals surface area contributed by atoms with Gasteiger partial charge < -0.3 is 9.72 Å². The number of nitrogens with one attached hydrogen (secondary N) is 1. The van der Waals surface area contributed by atoms with Gasteiger partial charge in [-0.1, -0.05) is 23.7 Å². The van der Waals surface area contributed by atoms with Crippen molar-refractivity contribution in [3.63, 3.8) is 0 Å². The Morgan fingerprint density at radius 1 is 0.917 bits per heavy atom. The summed E-state index contributed by atoms with van der Waals surface area (Å²) >= 11 is 5.76. The fourth-order valence-corrected chi connectivity index (χ4v) is 2.62. The molecule has 0 saturated carbocycles. The predicted molar refractivity (Wildman–Crippen MR) is 93.0 cm³/mol. The molecule has 0 unspecified atom stereocenters. The normalized spacial score (nSPS) is 10.9. The minimum Gasteiger partial charge on any atom is -0.457 e. The number of H-pyrrole nitrogens is 1. The summed E-state index contributed by atoms with van der Waals surface area (Å²) < 4.78 is 18.9. The van der Waals surface area contributed by atoms with Crippen molar-refractivity contribution >= 4 is 22.6 Å². The number of aromatic nitrogens is 2. The molecule has 24 heavy (non-hydrogen) atoms. The number of aromatic amines is 1. The van der Waals surface area contributed by atoms with E-state index in [9.17, 15) is 4.39 Å². The van der Waals surface area contributed by atoms with Gasteiger partial charge in [-0.05, 0) is 48.5 Å². The van der Waals surface area contributed by atoms with Gasteiger partial charge in [-0.2, -0.15) is 0 Å². The smallest absolute Gasteiger partial charge is 0.142 e. The fourth-order valence-electron chi connectivity index (χ4n) is 2.45. The summed E-state index contributed by atoms with van der Waals surface area (Å²) in [7, 11) is 0. The van der Waals surface area contributed by atoms with Gasteiger partial charge in [0.1, 0.15) is 23.1 Å². The number of rotatable bonds is 3. The van der Waals surface area contributed by atoms with Gasteiger partial charge in [0.05, 0.1) is 16.1 Å². The van der Waals surface area contributed by atoms with Gasteiger partial charge >= 0.3 is 0 Å². The lowest BCUT2D eigenvalue weighted by Gasteiger charge is -2.07. The van der Waals surface area contributed by atoms with Gasteiger partial charge in [-0.3, -0.25) is 0 Å². The van der Waals surface area contributed by atoms with Crippen LogP contribution in [0.1, 0.15) is 0 Å². The second-order valence-electron chi connectivity index (χ2n) is 5.30. The predicted octanol–water partition coefficient (Wildman–Crippen LogP) is 5.81. The average molecular weight is 339 g/mol. The lowest BCUT2D eigenvalue weighted by Crippen LogP contribution is -1.86. The summed E-state index contributed by atoms with van der Waals surface area (Å²) in [4.78, 5) is 7.85. The largest absolute Gasteiger partial charge is 0.457 e. The zero-order valence-electron chi connectivity index (χ0n) is 12.5. The second-order valence-corrected chi connectivity index (χ2v) is 5.71. The van der Waals surface area contributed by atoms with E-state index < -0.39 is 5.82 Å². The highest BCUT2D eigenvalue weighted by Crippen LogP contribution is 2.28. The van der Waals surface area contributed by atoms with Gasteiger partial charge in [0, 0.05) is 11.6 Å². The molecule has 0 bridgehead atoms. The van der Waals surface area contributed by atoms with Crippen LogP contribution in [-0.2, 0) is 0 Å². The van der Waals surface area contributed by atoms with E-state index in [2.05, 4.69) is 9.97 Å². The first-order valence-electron chi connectivity index (χ1n) is 7.37. The number of benzene rings is 3. The average Bonchev–Trinajstić information content (AvgIpc) is 3.03. The molecule has 5 heteroatoms. The van der Waals surface area contributed by atoms with Gasteiger partial charge in [0.2, 0.25) is 0 Å². The summed E-state index contributed by atoms with van der Waals surface area (Å²) in [6.07, 6.45) is 0. The molecule has 1 N–H and O–H groups in total. The molecule has 0 radical (unpaired) electrons. The maximum absolute atomic E-state index is 13.2. The fraction of sp³-hybridized carbons (Fsp3) is 0. The number of halogens is 2. The molecule has 0 fully saturated rings. The van der Waals surface area contributed by atoms with E-state index in [-0.39, 0.29) is 5.02 Å². The topological polar surface area (TPSA) is 37.9 Å². The number of para-hydroxylation sites is 2. The maximum Gasteiger partial charge on any atom is 0.142 e. The maximum atomic E-state index is 13.2. The summed E-state index contributed by atoms with van der Waals surface area (Å²) in [5, 5.41) is 0.0337. The zero-order chi connectivity index (χ0) is 16.5. The molecular weight excluding hydrogens is 327 g/mol. The highest BCUT2D eigenvalue weighted by atomic mass is 35.5. The van der Waals surface area contributed by atoms with Crippen LogP contribution >= 0.6 is 11.6 Å². The lowest BCUT2D eigenvalue weighted by molar-refractivity contribution is 0.480. The molecule has 0 saturated heterocycles. The molecule has 0 spiro atoms. The van der Waals surface area contributed by atoms with Crippen molar-refractivity contribution in [2.24, 2.45) is 0 Å². The number of nitrogens with zero attached hydrogens (tertiary/aromatic N) is 1. The summed E-state index contributed by atoms with van der Waals surface area (Å²) in [6, 6.07) is 19.6. The van der Waals surface area contributed by atoms with Crippen LogP contribution in [0.5, 0.6) is 11.5 Å². The number of hydrogen-bond acceptors (Lipinski definition) is 2. The molecule has 4 rings (SSSR count). The third-order valence-corrected chi connectivity index (χ3v) is 3.93. The Labute approximate surface area is 142 Å². The van der Waals surface area contributed by atoms with Crippen molar-refractivity contribution in [2.45, 2.75) is 0 Å². The van der Waals surface area contributed by atoms with Gasteiger partial charge in [0.15, 0.2) is 0 Å². The van der Waals surface area contributed by atoms with E-state index in [4.69, 9.17) is 16.3 Å². The van der Waals surface area contributed by atoms with Crippen LogP contribution < -0.4 is 4.74 Å². The first-order valence-corrected chi connectivity index (χ1v) is 7.75. The van der Waals surface area contributed by atoms with Crippen LogP contribution in [0, 0.1) is 5.82 Å². The first-order chi connectivity index (χ1) is 11.7. The summed E-state index contributed by atoms with van der Waals surface area (Å²) in [5.41, 5.74) is 2.87. The molecule has 0 amide bonds. The van der Waals surface area contributed by atoms with Crippen molar-refractivity contribution in [3.8, 4) is 22.9 Å². The van der Waals surface area contributed by atoms with E-state index >= 15 is 0 Å². The molecule has 0 aliphatic rings. The van der Waals surface area contributed by atoms with Gasteiger partial charge in [0.25, 0.3) is 0 Å². The first kappa shape index (κ1) is 14.7. The third-order valence-electron chi connectivity index (χ3n) is 3.64. The van der Waals surface area contributed by atoms with E-state index in [0.29, 0.717) is 11.5 Å². The number of ether oxygens (including phenoxy) is 1. The lowest BCUT2D eigenvalue weighted by atomic mass is 10.2. The molecule has 0 aliphatic carbocycles.